The lowest BCUT2D eigenvalue weighted by Crippen LogP contribution is -2.25. The van der Waals surface area contributed by atoms with Gasteiger partial charge in [0.15, 0.2) is 0 Å². The topological polar surface area (TPSA) is 69.0 Å². The molecular weight excluding hydrogens is 358 g/mol. The number of hydrogen-bond acceptors (Lipinski definition) is 5. The van der Waals surface area contributed by atoms with Gasteiger partial charge in [0.2, 0.25) is 5.43 Å². The molecule has 0 spiro atoms. The summed E-state index contributed by atoms with van der Waals surface area (Å²) in [6.45, 7) is 0. The summed E-state index contributed by atoms with van der Waals surface area (Å²) in [5.41, 5.74) is 1.06. The molecule has 0 aliphatic heterocycles. The number of halogens is 1. The fraction of sp³-hybridized carbons (Fsp3) is 0.158. The summed E-state index contributed by atoms with van der Waals surface area (Å²) in [6, 6.07) is 9.82. The summed E-state index contributed by atoms with van der Waals surface area (Å²) >= 11 is 5.90. The van der Waals surface area contributed by atoms with Crippen LogP contribution in [0.4, 0.5) is 4.79 Å². The Hall–Kier alpha value is -2.99. The molecule has 3 rings (SSSR count). The molecule has 0 saturated carbocycles. The Morgan fingerprint density at radius 1 is 1.15 bits per heavy atom. The molecule has 0 bridgehead atoms. The van der Waals surface area contributed by atoms with Gasteiger partial charge in [-0.2, -0.15) is 0 Å². The van der Waals surface area contributed by atoms with E-state index >= 15 is 0 Å². The van der Waals surface area contributed by atoms with E-state index in [0.29, 0.717) is 16.1 Å². The van der Waals surface area contributed by atoms with Crippen molar-refractivity contribution in [3.05, 3.63) is 57.9 Å². The van der Waals surface area contributed by atoms with Gasteiger partial charge in [0.05, 0.1) is 12.7 Å². The Labute approximate surface area is 154 Å². The van der Waals surface area contributed by atoms with Crippen molar-refractivity contribution < 1.29 is 18.7 Å². The molecule has 0 aliphatic rings. The first-order chi connectivity index (χ1) is 12.4. The lowest BCUT2D eigenvalue weighted by atomic mass is 10.1. The van der Waals surface area contributed by atoms with Gasteiger partial charge in [-0.25, -0.2) is 4.79 Å². The lowest BCUT2D eigenvalue weighted by molar-refractivity contribution is 0.172. The molecule has 0 saturated heterocycles. The summed E-state index contributed by atoms with van der Waals surface area (Å²) in [5, 5.41) is 0.841. The number of amides is 1. The Morgan fingerprint density at radius 2 is 1.85 bits per heavy atom. The van der Waals surface area contributed by atoms with E-state index in [2.05, 4.69) is 0 Å². The Kier molecular flexibility index (Phi) is 4.86. The third-order valence-corrected chi connectivity index (χ3v) is 4.01. The van der Waals surface area contributed by atoms with Crippen molar-refractivity contribution in [2.45, 2.75) is 0 Å². The maximum Gasteiger partial charge on any atom is 0.414 e. The first-order valence-electron chi connectivity index (χ1n) is 7.69. The standard InChI is InChI=1S/C19H16ClNO5/c1-21(2)19(23)26-13-8-15(24-3)17-16(9-13)25-10-14(18(17)22)11-4-6-12(20)7-5-11/h4-10H,1-3H3. The number of fused-ring (bicyclic) bond motifs is 1. The Bertz CT molecular complexity index is 1020. The highest BCUT2D eigenvalue weighted by molar-refractivity contribution is 6.30. The molecule has 1 aromatic heterocycles. The number of rotatable bonds is 3. The minimum atomic E-state index is -0.550. The van der Waals surface area contributed by atoms with E-state index in [9.17, 15) is 9.59 Å². The number of carbonyl (C=O) groups is 1. The molecule has 26 heavy (non-hydrogen) atoms. The van der Waals surface area contributed by atoms with Gasteiger partial charge in [0.1, 0.15) is 28.7 Å². The van der Waals surface area contributed by atoms with Crippen molar-refractivity contribution in [2.24, 2.45) is 0 Å². The fourth-order valence-corrected chi connectivity index (χ4v) is 2.56. The predicted molar refractivity (Wildman–Crippen MR) is 99.2 cm³/mol. The molecule has 0 aliphatic carbocycles. The molecule has 134 valence electrons. The molecular formula is C19H16ClNO5. The van der Waals surface area contributed by atoms with Crippen LogP contribution in [0.2, 0.25) is 5.02 Å². The number of benzene rings is 2. The zero-order valence-corrected chi connectivity index (χ0v) is 15.2. The van der Waals surface area contributed by atoms with Crippen LogP contribution in [0.5, 0.6) is 11.5 Å². The van der Waals surface area contributed by atoms with Gasteiger partial charge in [0.25, 0.3) is 0 Å². The fourth-order valence-electron chi connectivity index (χ4n) is 2.43. The Balaban J connectivity index is 2.15. The first kappa shape index (κ1) is 17.8. The van der Waals surface area contributed by atoms with Crippen LogP contribution in [0, 0.1) is 0 Å². The van der Waals surface area contributed by atoms with Crippen molar-refractivity contribution in [1.82, 2.24) is 4.90 Å². The smallest absolute Gasteiger partial charge is 0.414 e. The zero-order valence-electron chi connectivity index (χ0n) is 14.4. The molecule has 1 heterocycles. The zero-order chi connectivity index (χ0) is 18.8. The molecule has 6 nitrogen and oxygen atoms in total. The molecule has 0 N–H and O–H groups in total. The van der Waals surface area contributed by atoms with E-state index < -0.39 is 6.09 Å². The van der Waals surface area contributed by atoms with Crippen molar-refractivity contribution in [1.29, 1.82) is 0 Å². The SMILES string of the molecule is COc1cc(OC(=O)N(C)C)cc2occ(-c3ccc(Cl)cc3)c(=O)c12. The largest absolute Gasteiger partial charge is 0.496 e. The lowest BCUT2D eigenvalue weighted by Gasteiger charge is -2.13. The average molecular weight is 374 g/mol. The van der Waals surface area contributed by atoms with Crippen molar-refractivity contribution in [3.63, 3.8) is 0 Å². The van der Waals surface area contributed by atoms with Crippen LogP contribution in [0.15, 0.2) is 51.9 Å². The molecule has 0 unspecified atom stereocenters. The van der Waals surface area contributed by atoms with Crippen LogP contribution in [0.1, 0.15) is 0 Å². The van der Waals surface area contributed by atoms with Crippen LogP contribution < -0.4 is 14.9 Å². The highest BCUT2D eigenvalue weighted by atomic mass is 35.5. The second kappa shape index (κ2) is 7.09. The van der Waals surface area contributed by atoms with Crippen LogP contribution in [-0.4, -0.2) is 32.2 Å². The monoisotopic (exact) mass is 373 g/mol. The molecule has 3 aromatic rings. The van der Waals surface area contributed by atoms with Gasteiger partial charge < -0.3 is 18.8 Å². The minimum absolute atomic E-state index is 0.218. The van der Waals surface area contributed by atoms with Gasteiger partial charge in [0, 0.05) is 31.3 Å². The summed E-state index contributed by atoms with van der Waals surface area (Å²) in [4.78, 5) is 26.0. The van der Waals surface area contributed by atoms with Crippen LogP contribution >= 0.6 is 11.6 Å². The average Bonchev–Trinajstić information content (AvgIpc) is 2.62. The molecule has 2 aromatic carbocycles. The van der Waals surface area contributed by atoms with E-state index in [0.717, 1.165) is 0 Å². The van der Waals surface area contributed by atoms with Gasteiger partial charge >= 0.3 is 6.09 Å². The summed E-state index contributed by atoms with van der Waals surface area (Å²) in [6.07, 6.45) is 0.816. The quantitative estimate of drug-likeness (QED) is 0.688. The Morgan fingerprint density at radius 3 is 2.46 bits per heavy atom. The second-order valence-corrected chi connectivity index (χ2v) is 6.18. The summed E-state index contributed by atoms with van der Waals surface area (Å²) < 4.78 is 16.2. The maximum absolute atomic E-state index is 12.9. The van der Waals surface area contributed by atoms with E-state index in [4.69, 9.17) is 25.5 Å². The van der Waals surface area contributed by atoms with Crippen molar-refractivity contribution in [2.75, 3.05) is 21.2 Å². The summed E-state index contributed by atoms with van der Waals surface area (Å²) in [7, 11) is 4.57. The number of hydrogen-bond donors (Lipinski definition) is 0. The van der Waals surface area contributed by atoms with E-state index in [1.807, 2.05) is 0 Å². The van der Waals surface area contributed by atoms with Crippen molar-refractivity contribution in [3.8, 4) is 22.6 Å². The van der Waals surface area contributed by atoms with Crippen LogP contribution in [0.25, 0.3) is 22.1 Å². The van der Waals surface area contributed by atoms with E-state index in [1.54, 1.807) is 38.4 Å². The predicted octanol–water partition coefficient (Wildman–Crippen LogP) is 4.18. The highest BCUT2D eigenvalue weighted by Crippen LogP contribution is 2.31. The number of nitrogens with zero attached hydrogens (tertiary/aromatic N) is 1. The first-order valence-corrected chi connectivity index (χ1v) is 8.07. The minimum Gasteiger partial charge on any atom is -0.496 e. The van der Waals surface area contributed by atoms with Gasteiger partial charge in [-0.1, -0.05) is 23.7 Å². The maximum atomic E-state index is 12.9. The molecule has 0 radical (unpaired) electrons. The molecule has 7 heteroatoms. The van der Waals surface area contributed by atoms with Gasteiger partial charge in [-0.15, -0.1) is 0 Å². The van der Waals surface area contributed by atoms with E-state index in [-0.39, 0.29) is 27.9 Å². The molecule has 1 amide bonds. The summed E-state index contributed by atoms with van der Waals surface area (Å²) in [5.74, 6) is 0.476. The van der Waals surface area contributed by atoms with Crippen LogP contribution in [-0.2, 0) is 0 Å². The number of ether oxygens (including phenoxy) is 2. The van der Waals surface area contributed by atoms with Gasteiger partial charge in [-0.05, 0) is 17.7 Å². The molecule has 0 atom stereocenters. The van der Waals surface area contributed by atoms with Crippen molar-refractivity contribution >= 4 is 28.7 Å². The normalized spacial score (nSPS) is 10.6. The third-order valence-electron chi connectivity index (χ3n) is 3.76. The number of carbonyl (C=O) groups excluding carboxylic acids is 1. The highest BCUT2D eigenvalue weighted by Gasteiger charge is 2.17. The van der Waals surface area contributed by atoms with Crippen LogP contribution in [0.3, 0.4) is 0 Å². The van der Waals surface area contributed by atoms with Gasteiger partial charge in [-0.3, -0.25) is 4.79 Å². The molecule has 0 fully saturated rings. The van der Waals surface area contributed by atoms with E-state index in [1.165, 1.54) is 30.4 Å². The second-order valence-electron chi connectivity index (χ2n) is 5.75. The number of methoxy groups -OCH3 is 1. The third kappa shape index (κ3) is 3.36.